The van der Waals surface area contributed by atoms with Crippen LogP contribution in [0, 0.1) is 5.41 Å². The minimum absolute atomic E-state index is 0.0374. The van der Waals surface area contributed by atoms with Crippen LogP contribution in [-0.4, -0.2) is 37.0 Å². The van der Waals surface area contributed by atoms with Crippen LogP contribution in [0.2, 0.25) is 0 Å². The SMILES string of the molecule is CC1(C(=O)N2CCCNCC2)CCCC1. The van der Waals surface area contributed by atoms with Crippen LogP contribution in [0.4, 0.5) is 0 Å². The van der Waals surface area contributed by atoms with Gasteiger partial charge in [0, 0.05) is 25.0 Å². The molecular formula is C12H22N2O. The molecule has 1 heterocycles. The molecule has 1 saturated carbocycles. The van der Waals surface area contributed by atoms with E-state index >= 15 is 0 Å². The highest BCUT2D eigenvalue weighted by Gasteiger charge is 2.38. The van der Waals surface area contributed by atoms with Crippen molar-refractivity contribution in [3.05, 3.63) is 0 Å². The fraction of sp³-hybridized carbons (Fsp3) is 0.917. The Hall–Kier alpha value is -0.570. The van der Waals surface area contributed by atoms with E-state index in [0.29, 0.717) is 5.91 Å². The third-order valence-corrected chi connectivity index (χ3v) is 3.85. The molecule has 3 heteroatoms. The van der Waals surface area contributed by atoms with E-state index < -0.39 is 0 Å². The van der Waals surface area contributed by atoms with Crippen molar-refractivity contribution in [2.45, 2.75) is 39.0 Å². The lowest BCUT2D eigenvalue weighted by Crippen LogP contribution is -2.42. The third-order valence-electron chi connectivity index (χ3n) is 3.85. The van der Waals surface area contributed by atoms with E-state index in [4.69, 9.17) is 0 Å². The summed E-state index contributed by atoms with van der Waals surface area (Å²) < 4.78 is 0. The summed E-state index contributed by atoms with van der Waals surface area (Å²) in [6, 6.07) is 0. The average Bonchev–Trinajstić information content (AvgIpc) is 2.54. The normalized spacial score (nSPS) is 26.3. The van der Waals surface area contributed by atoms with Gasteiger partial charge >= 0.3 is 0 Å². The lowest BCUT2D eigenvalue weighted by atomic mass is 9.87. The lowest BCUT2D eigenvalue weighted by molar-refractivity contribution is -0.140. The molecule has 1 aliphatic heterocycles. The molecule has 0 aromatic rings. The third kappa shape index (κ3) is 2.33. The molecule has 0 radical (unpaired) electrons. The lowest BCUT2D eigenvalue weighted by Gasteiger charge is -2.30. The Morgan fingerprint density at radius 3 is 2.60 bits per heavy atom. The molecule has 2 aliphatic rings. The second kappa shape index (κ2) is 4.52. The van der Waals surface area contributed by atoms with E-state index in [-0.39, 0.29) is 5.41 Å². The van der Waals surface area contributed by atoms with E-state index in [1.54, 1.807) is 0 Å². The van der Waals surface area contributed by atoms with Crippen molar-refractivity contribution in [3.63, 3.8) is 0 Å². The Morgan fingerprint density at radius 2 is 1.87 bits per heavy atom. The second-order valence-corrected chi connectivity index (χ2v) is 5.16. The van der Waals surface area contributed by atoms with Gasteiger partial charge in [-0.25, -0.2) is 0 Å². The number of carbonyl (C=O) groups is 1. The van der Waals surface area contributed by atoms with Gasteiger partial charge < -0.3 is 10.2 Å². The summed E-state index contributed by atoms with van der Waals surface area (Å²) in [5.41, 5.74) is -0.0374. The molecule has 1 saturated heterocycles. The van der Waals surface area contributed by atoms with Crippen LogP contribution in [0.25, 0.3) is 0 Å². The number of carbonyl (C=O) groups excluding carboxylic acids is 1. The predicted molar refractivity (Wildman–Crippen MR) is 60.6 cm³/mol. The van der Waals surface area contributed by atoms with Gasteiger partial charge in [0.15, 0.2) is 0 Å². The Balaban J connectivity index is 1.98. The summed E-state index contributed by atoms with van der Waals surface area (Å²) >= 11 is 0. The largest absolute Gasteiger partial charge is 0.341 e. The molecule has 2 rings (SSSR count). The molecule has 1 aliphatic carbocycles. The van der Waals surface area contributed by atoms with E-state index in [1.165, 1.54) is 12.8 Å². The Morgan fingerprint density at radius 1 is 1.13 bits per heavy atom. The number of rotatable bonds is 1. The summed E-state index contributed by atoms with van der Waals surface area (Å²) in [5, 5.41) is 3.34. The quantitative estimate of drug-likeness (QED) is 0.709. The minimum atomic E-state index is -0.0374. The van der Waals surface area contributed by atoms with E-state index in [2.05, 4.69) is 17.1 Å². The molecule has 0 aromatic carbocycles. The van der Waals surface area contributed by atoms with Crippen molar-refractivity contribution in [2.75, 3.05) is 26.2 Å². The zero-order valence-electron chi connectivity index (χ0n) is 9.72. The van der Waals surface area contributed by atoms with Crippen LogP contribution in [0.1, 0.15) is 39.0 Å². The number of amides is 1. The highest BCUT2D eigenvalue weighted by molar-refractivity contribution is 5.82. The second-order valence-electron chi connectivity index (χ2n) is 5.16. The number of nitrogens with zero attached hydrogens (tertiary/aromatic N) is 1. The van der Waals surface area contributed by atoms with Crippen molar-refractivity contribution < 1.29 is 4.79 Å². The molecule has 0 spiro atoms. The van der Waals surface area contributed by atoms with Crippen LogP contribution in [0.3, 0.4) is 0 Å². The van der Waals surface area contributed by atoms with Crippen LogP contribution in [0.15, 0.2) is 0 Å². The van der Waals surface area contributed by atoms with E-state index in [1.807, 2.05) is 0 Å². The van der Waals surface area contributed by atoms with Crippen LogP contribution >= 0.6 is 0 Å². The van der Waals surface area contributed by atoms with Crippen molar-refractivity contribution in [1.82, 2.24) is 10.2 Å². The molecule has 1 amide bonds. The van der Waals surface area contributed by atoms with Gasteiger partial charge in [-0.2, -0.15) is 0 Å². The van der Waals surface area contributed by atoms with Gasteiger partial charge in [0.2, 0.25) is 5.91 Å². The van der Waals surface area contributed by atoms with Gasteiger partial charge in [0.25, 0.3) is 0 Å². The summed E-state index contributed by atoms with van der Waals surface area (Å²) in [4.78, 5) is 14.4. The number of hydrogen-bond acceptors (Lipinski definition) is 2. The van der Waals surface area contributed by atoms with Gasteiger partial charge in [-0.05, 0) is 25.8 Å². The first-order valence-electron chi connectivity index (χ1n) is 6.22. The van der Waals surface area contributed by atoms with E-state index in [9.17, 15) is 4.79 Å². The molecule has 86 valence electrons. The molecular weight excluding hydrogens is 188 g/mol. The van der Waals surface area contributed by atoms with Crippen LogP contribution < -0.4 is 5.32 Å². The average molecular weight is 210 g/mol. The first-order chi connectivity index (χ1) is 7.22. The van der Waals surface area contributed by atoms with Crippen LogP contribution in [0.5, 0.6) is 0 Å². The maximum absolute atomic E-state index is 12.4. The van der Waals surface area contributed by atoms with Crippen molar-refractivity contribution >= 4 is 5.91 Å². The molecule has 15 heavy (non-hydrogen) atoms. The highest BCUT2D eigenvalue weighted by atomic mass is 16.2. The van der Waals surface area contributed by atoms with Gasteiger partial charge in [-0.3, -0.25) is 4.79 Å². The zero-order chi connectivity index (χ0) is 10.7. The molecule has 0 unspecified atom stereocenters. The minimum Gasteiger partial charge on any atom is -0.341 e. The Kier molecular flexibility index (Phi) is 3.29. The molecule has 2 fully saturated rings. The fourth-order valence-electron chi connectivity index (χ4n) is 2.80. The van der Waals surface area contributed by atoms with Gasteiger partial charge in [-0.15, -0.1) is 0 Å². The van der Waals surface area contributed by atoms with Crippen molar-refractivity contribution in [3.8, 4) is 0 Å². The maximum atomic E-state index is 12.4. The molecule has 0 aromatic heterocycles. The summed E-state index contributed by atoms with van der Waals surface area (Å²) in [6.45, 7) is 6.01. The number of nitrogens with one attached hydrogen (secondary N) is 1. The molecule has 0 bridgehead atoms. The summed E-state index contributed by atoms with van der Waals surface area (Å²) in [6.07, 6.45) is 5.75. The summed E-state index contributed by atoms with van der Waals surface area (Å²) in [7, 11) is 0. The van der Waals surface area contributed by atoms with Gasteiger partial charge in [0.05, 0.1) is 0 Å². The van der Waals surface area contributed by atoms with Crippen LogP contribution in [-0.2, 0) is 4.79 Å². The molecule has 3 nitrogen and oxygen atoms in total. The topological polar surface area (TPSA) is 32.3 Å². The zero-order valence-corrected chi connectivity index (χ0v) is 9.72. The first kappa shape index (κ1) is 10.9. The van der Waals surface area contributed by atoms with Gasteiger partial charge in [-0.1, -0.05) is 19.8 Å². The van der Waals surface area contributed by atoms with Crippen molar-refractivity contribution in [1.29, 1.82) is 0 Å². The van der Waals surface area contributed by atoms with E-state index in [0.717, 1.165) is 45.4 Å². The number of hydrogen-bond donors (Lipinski definition) is 1. The van der Waals surface area contributed by atoms with Crippen molar-refractivity contribution in [2.24, 2.45) is 5.41 Å². The maximum Gasteiger partial charge on any atom is 0.228 e. The fourth-order valence-corrected chi connectivity index (χ4v) is 2.80. The Bertz CT molecular complexity index is 226. The smallest absolute Gasteiger partial charge is 0.228 e. The summed E-state index contributed by atoms with van der Waals surface area (Å²) in [5.74, 6) is 0.406. The molecule has 1 N–H and O–H groups in total. The monoisotopic (exact) mass is 210 g/mol. The highest BCUT2D eigenvalue weighted by Crippen LogP contribution is 2.39. The van der Waals surface area contributed by atoms with Gasteiger partial charge in [0.1, 0.15) is 0 Å². The predicted octanol–water partition coefficient (Wildman–Crippen LogP) is 1.39. The molecule has 0 atom stereocenters. The Labute approximate surface area is 92.2 Å². The first-order valence-corrected chi connectivity index (χ1v) is 6.22. The standard InChI is InChI=1S/C12H22N2O/c1-12(5-2-3-6-12)11(15)14-9-4-7-13-8-10-14/h13H,2-10H2,1H3.